The lowest BCUT2D eigenvalue weighted by atomic mass is 10.2. The molecule has 0 unspecified atom stereocenters. The van der Waals surface area contributed by atoms with Crippen LogP contribution in [0.3, 0.4) is 0 Å². The number of carbonyl (C=O) groups excluding carboxylic acids is 1. The van der Waals surface area contributed by atoms with Crippen molar-refractivity contribution in [2.45, 2.75) is 6.54 Å². The summed E-state index contributed by atoms with van der Waals surface area (Å²) >= 11 is 0. The summed E-state index contributed by atoms with van der Waals surface area (Å²) in [6.45, 7) is 0.373. The third kappa shape index (κ3) is 3.28. The van der Waals surface area contributed by atoms with Crippen LogP contribution in [0, 0.1) is 5.82 Å². The molecular formula is C14H13FN2O2. The normalized spacial score (nSPS) is 10.2. The first-order valence-electron chi connectivity index (χ1n) is 5.75. The van der Waals surface area contributed by atoms with Gasteiger partial charge in [0.05, 0.1) is 5.56 Å². The minimum atomic E-state index is -0.307. The highest BCUT2D eigenvalue weighted by atomic mass is 19.1. The lowest BCUT2D eigenvalue weighted by Crippen LogP contribution is -2.26. The van der Waals surface area contributed by atoms with Crippen LogP contribution in [-0.4, -0.2) is 22.8 Å². The number of hydrogen-bond donors (Lipinski definition) is 1. The molecule has 1 heterocycles. The molecule has 1 aromatic heterocycles. The molecule has 1 N–H and O–H groups in total. The molecule has 98 valence electrons. The highest BCUT2D eigenvalue weighted by molar-refractivity contribution is 5.93. The molecule has 0 aliphatic rings. The van der Waals surface area contributed by atoms with Crippen LogP contribution in [0.2, 0.25) is 0 Å². The second-order valence-corrected chi connectivity index (χ2v) is 4.23. The Morgan fingerprint density at radius 3 is 2.47 bits per heavy atom. The van der Waals surface area contributed by atoms with Gasteiger partial charge in [-0.25, -0.2) is 4.39 Å². The van der Waals surface area contributed by atoms with Crippen LogP contribution in [0.25, 0.3) is 0 Å². The number of halogens is 1. The highest BCUT2D eigenvalue weighted by Gasteiger charge is 2.11. The molecule has 2 aromatic rings. The lowest BCUT2D eigenvalue weighted by molar-refractivity contribution is 0.0784. The Morgan fingerprint density at radius 2 is 1.89 bits per heavy atom. The van der Waals surface area contributed by atoms with E-state index < -0.39 is 0 Å². The average Bonchev–Trinajstić information content (AvgIpc) is 2.41. The van der Waals surface area contributed by atoms with Crippen LogP contribution in [0.4, 0.5) is 4.39 Å². The first-order valence-corrected chi connectivity index (χ1v) is 5.75. The Bertz CT molecular complexity index is 614. The lowest BCUT2D eigenvalue weighted by Gasteiger charge is -2.17. The average molecular weight is 260 g/mol. The van der Waals surface area contributed by atoms with Crippen molar-refractivity contribution in [1.82, 2.24) is 9.88 Å². The Morgan fingerprint density at radius 1 is 1.21 bits per heavy atom. The number of carbonyl (C=O) groups is 1. The third-order valence-corrected chi connectivity index (χ3v) is 2.71. The highest BCUT2D eigenvalue weighted by Crippen LogP contribution is 2.08. The van der Waals surface area contributed by atoms with Gasteiger partial charge in [-0.2, -0.15) is 0 Å². The van der Waals surface area contributed by atoms with Crippen LogP contribution >= 0.6 is 0 Å². The number of aromatic nitrogens is 1. The molecule has 0 aliphatic heterocycles. The number of nitrogens with zero attached hydrogens (tertiary/aromatic N) is 1. The van der Waals surface area contributed by atoms with E-state index in [1.807, 2.05) is 0 Å². The van der Waals surface area contributed by atoms with E-state index in [4.69, 9.17) is 0 Å². The zero-order valence-corrected chi connectivity index (χ0v) is 10.4. The number of amides is 1. The molecule has 0 bridgehead atoms. The maximum atomic E-state index is 12.8. The SMILES string of the molecule is CN(Cc1ccc(F)cc1)C(=O)c1ccc(=O)[nH]c1. The molecule has 1 aromatic carbocycles. The molecule has 19 heavy (non-hydrogen) atoms. The molecule has 0 saturated heterocycles. The van der Waals surface area contributed by atoms with Gasteiger partial charge in [-0.15, -0.1) is 0 Å². The summed E-state index contributed by atoms with van der Waals surface area (Å²) in [6, 6.07) is 8.75. The van der Waals surface area contributed by atoms with Crippen molar-refractivity contribution in [2.24, 2.45) is 0 Å². The molecule has 0 fully saturated rings. The standard InChI is InChI=1S/C14H13FN2O2/c1-17(9-10-2-5-12(15)6-3-10)14(19)11-4-7-13(18)16-8-11/h2-8H,9H2,1H3,(H,16,18). The number of rotatable bonds is 3. The van der Waals surface area contributed by atoms with E-state index in [0.717, 1.165) is 5.56 Å². The Labute approximate surface area is 109 Å². The molecule has 1 amide bonds. The van der Waals surface area contributed by atoms with E-state index in [9.17, 15) is 14.0 Å². The fourth-order valence-electron chi connectivity index (χ4n) is 1.70. The predicted octanol–water partition coefficient (Wildman–Crippen LogP) is 1.79. The van der Waals surface area contributed by atoms with E-state index in [-0.39, 0.29) is 17.3 Å². The van der Waals surface area contributed by atoms with E-state index in [1.165, 1.54) is 35.4 Å². The van der Waals surface area contributed by atoms with E-state index in [1.54, 1.807) is 19.2 Å². The molecule has 0 aliphatic carbocycles. The van der Waals surface area contributed by atoms with Gasteiger partial charge in [-0.05, 0) is 23.8 Å². The van der Waals surface area contributed by atoms with Crippen LogP contribution < -0.4 is 5.56 Å². The van der Waals surface area contributed by atoms with Crippen molar-refractivity contribution in [2.75, 3.05) is 7.05 Å². The minimum absolute atomic E-state index is 0.208. The number of benzene rings is 1. The van der Waals surface area contributed by atoms with Crippen molar-refractivity contribution in [3.8, 4) is 0 Å². The molecular weight excluding hydrogens is 247 g/mol. The van der Waals surface area contributed by atoms with Crippen molar-refractivity contribution < 1.29 is 9.18 Å². The largest absolute Gasteiger partial charge is 0.337 e. The van der Waals surface area contributed by atoms with Crippen molar-refractivity contribution in [1.29, 1.82) is 0 Å². The second-order valence-electron chi connectivity index (χ2n) is 4.23. The minimum Gasteiger partial charge on any atom is -0.337 e. The third-order valence-electron chi connectivity index (χ3n) is 2.71. The fourth-order valence-corrected chi connectivity index (χ4v) is 1.70. The van der Waals surface area contributed by atoms with Gasteiger partial charge in [0.2, 0.25) is 5.56 Å². The summed E-state index contributed by atoms with van der Waals surface area (Å²) in [6.07, 6.45) is 1.38. The van der Waals surface area contributed by atoms with Crippen LogP contribution in [-0.2, 0) is 6.54 Å². The van der Waals surface area contributed by atoms with Crippen molar-refractivity contribution in [3.63, 3.8) is 0 Å². The molecule has 0 saturated carbocycles. The summed E-state index contributed by atoms with van der Waals surface area (Å²) in [7, 11) is 1.65. The van der Waals surface area contributed by atoms with Gasteiger partial charge >= 0.3 is 0 Å². The number of nitrogens with one attached hydrogen (secondary N) is 1. The van der Waals surface area contributed by atoms with Crippen LogP contribution in [0.5, 0.6) is 0 Å². The Hall–Kier alpha value is -2.43. The number of pyridine rings is 1. The van der Waals surface area contributed by atoms with Gasteiger partial charge < -0.3 is 9.88 Å². The van der Waals surface area contributed by atoms with Gasteiger partial charge in [0.25, 0.3) is 5.91 Å². The van der Waals surface area contributed by atoms with Crippen molar-refractivity contribution >= 4 is 5.91 Å². The Balaban J connectivity index is 2.09. The zero-order valence-electron chi connectivity index (χ0n) is 10.4. The molecule has 0 spiro atoms. The van der Waals surface area contributed by atoms with E-state index in [0.29, 0.717) is 12.1 Å². The van der Waals surface area contributed by atoms with Gasteiger partial charge in [-0.1, -0.05) is 12.1 Å². The molecule has 4 nitrogen and oxygen atoms in total. The van der Waals surface area contributed by atoms with Gasteiger partial charge in [0.1, 0.15) is 5.82 Å². The first-order chi connectivity index (χ1) is 9.06. The number of aromatic amines is 1. The second kappa shape index (κ2) is 5.48. The topological polar surface area (TPSA) is 53.2 Å². The fraction of sp³-hybridized carbons (Fsp3) is 0.143. The maximum absolute atomic E-state index is 12.8. The van der Waals surface area contributed by atoms with Crippen LogP contribution in [0.15, 0.2) is 47.4 Å². The summed E-state index contributed by atoms with van der Waals surface area (Å²) in [5.41, 5.74) is 0.989. The predicted molar refractivity (Wildman–Crippen MR) is 69.3 cm³/mol. The van der Waals surface area contributed by atoms with Gasteiger partial charge in [-0.3, -0.25) is 9.59 Å². The maximum Gasteiger partial charge on any atom is 0.255 e. The molecule has 0 radical (unpaired) electrons. The number of hydrogen-bond acceptors (Lipinski definition) is 2. The zero-order chi connectivity index (χ0) is 13.8. The molecule has 2 rings (SSSR count). The smallest absolute Gasteiger partial charge is 0.255 e. The van der Waals surface area contributed by atoms with Crippen molar-refractivity contribution in [3.05, 3.63) is 69.9 Å². The summed E-state index contributed by atoms with van der Waals surface area (Å²) in [5, 5.41) is 0. The van der Waals surface area contributed by atoms with Crippen LogP contribution in [0.1, 0.15) is 15.9 Å². The summed E-state index contributed by atoms with van der Waals surface area (Å²) < 4.78 is 12.8. The Kier molecular flexibility index (Phi) is 3.75. The molecule has 0 atom stereocenters. The molecule has 5 heteroatoms. The van der Waals surface area contributed by atoms with E-state index in [2.05, 4.69) is 4.98 Å². The van der Waals surface area contributed by atoms with Gasteiger partial charge in [0.15, 0.2) is 0 Å². The monoisotopic (exact) mass is 260 g/mol. The summed E-state index contributed by atoms with van der Waals surface area (Å²) in [4.78, 5) is 26.9. The quantitative estimate of drug-likeness (QED) is 0.914. The van der Waals surface area contributed by atoms with E-state index >= 15 is 0 Å². The van der Waals surface area contributed by atoms with Gasteiger partial charge in [0, 0.05) is 25.9 Å². The summed E-state index contributed by atoms with van der Waals surface area (Å²) in [5.74, 6) is -0.515. The number of H-pyrrole nitrogens is 1. The first kappa shape index (κ1) is 13.0.